The van der Waals surface area contributed by atoms with Crippen LogP contribution >= 0.6 is 0 Å². The van der Waals surface area contributed by atoms with Gasteiger partial charge in [0.25, 0.3) is 0 Å². The van der Waals surface area contributed by atoms with Gasteiger partial charge in [-0.15, -0.1) is 0 Å². The Bertz CT molecular complexity index is 3080. The van der Waals surface area contributed by atoms with E-state index in [1.165, 1.54) is 84.3 Å². The van der Waals surface area contributed by atoms with Gasteiger partial charge in [0.2, 0.25) is 0 Å². The zero-order valence-electron chi connectivity index (χ0n) is 35.7. The molecule has 1 heterocycles. The van der Waals surface area contributed by atoms with Crippen LogP contribution < -0.4 is 4.90 Å². The first-order valence-corrected chi connectivity index (χ1v) is 22.6. The molecular formula is C60H51NO. The van der Waals surface area contributed by atoms with Crippen molar-refractivity contribution in [3.8, 4) is 33.4 Å². The van der Waals surface area contributed by atoms with Crippen molar-refractivity contribution < 1.29 is 4.42 Å². The fourth-order valence-corrected chi connectivity index (χ4v) is 10.2. The third kappa shape index (κ3) is 7.04. The van der Waals surface area contributed by atoms with Crippen LogP contribution in [0.15, 0.2) is 186 Å². The Balaban J connectivity index is 1.12. The van der Waals surface area contributed by atoms with Crippen molar-refractivity contribution in [3.05, 3.63) is 204 Å². The number of nitrogens with zero attached hydrogens (tertiary/aromatic N) is 1. The first-order chi connectivity index (χ1) is 30.6. The van der Waals surface area contributed by atoms with Crippen LogP contribution in [-0.2, 0) is 6.42 Å². The molecule has 7 aromatic carbocycles. The summed E-state index contributed by atoms with van der Waals surface area (Å²) in [4.78, 5) is 2.50. The maximum atomic E-state index is 7.00. The van der Waals surface area contributed by atoms with Gasteiger partial charge >= 0.3 is 0 Å². The second kappa shape index (κ2) is 16.2. The van der Waals surface area contributed by atoms with Crippen LogP contribution in [0.4, 0.5) is 17.1 Å². The third-order valence-electron chi connectivity index (χ3n) is 13.4. The molecule has 0 amide bonds. The van der Waals surface area contributed by atoms with Gasteiger partial charge in [-0.05, 0) is 148 Å². The second-order valence-corrected chi connectivity index (χ2v) is 17.7. The van der Waals surface area contributed by atoms with Gasteiger partial charge in [0.1, 0.15) is 11.2 Å². The van der Waals surface area contributed by atoms with E-state index in [2.05, 4.69) is 207 Å². The average Bonchev–Trinajstić information content (AvgIpc) is 3.71. The number of fused-ring (bicyclic) bond motifs is 5. The standard InChI is InChI=1S/C60H51NO/c1-40-14-11-20-48(36-40)51-22-9-10-23-52(51)53-24-13-25-58-59(53)56-39-57(55-37-41(2)26-35-54(55)60(56)62-58)61(49-33-31-45(32-34-49)43-17-7-4-8-18-43)50-21-12-19-47(38-50)46-29-27-44(28-30-46)42-15-5-3-6-16-42/h3-5,7-10,12-13,15,17-35,38-41H,6,11,14,16,36-37H2,1-2H3. The predicted octanol–water partition coefficient (Wildman–Crippen LogP) is 17.2. The van der Waals surface area contributed by atoms with Crippen molar-refractivity contribution in [3.63, 3.8) is 0 Å². The molecular weight excluding hydrogens is 751 g/mol. The number of hydrogen-bond donors (Lipinski definition) is 0. The first kappa shape index (κ1) is 38.1. The summed E-state index contributed by atoms with van der Waals surface area (Å²) in [5.74, 6) is 1.07. The Morgan fingerprint density at radius 3 is 2.10 bits per heavy atom. The van der Waals surface area contributed by atoms with Crippen molar-refractivity contribution in [2.45, 2.75) is 52.4 Å². The summed E-state index contributed by atoms with van der Waals surface area (Å²) in [6.45, 7) is 4.71. The summed E-state index contributed by atoms with van der Waals surface area (Å²) in [5.41, 5.74) is 20.6. The molecule has 1 aromatic heterocycles. The molecule has 302 valence electrons. The molecule has 2 unspecified atom stereocenters. The fraction of sp³-hybridized carbons (Fsp3) is 0.167. The van der Waals surface area contributed by atoms with Crippen LogP contribution in [0.1, 0.15) is 68.2 Å². The molecule has 0 saturated heterocycles. The molecule has 2 atom stereocenters. The molecule has 3 aliphatic carbocycles. The summed E-state index contributed by atoms with van der Waals surface area (Å²) < 4.78 is 7.00. The number of furan rings is 1. The van der Waals surface area contributed by atoms with E-state index >= 15 is 0 Å². The van der Waals surface area contributed by atoms with Crippen LogP contribution in [0.25, 0.3) is 72.5 Å². The average molecular weight is 802 g/mol. The van der Waals surface area contributed by atoms with E-state index in [0.717, 1.165) is 60.0 Å². The van der Waals surface area contributed by atoms with E-state index in [-0.39, 0.29) is 0 Å². The molecule has 11 rings (SSSR count). The van der Waals surface area contributed by atoms with Crippen LogP contribution in [0, 0.1) is 11.8 Å². The third-order valence-corrected chi connectivity index (χ3v) is 13.4. The van der Waals surface area contributed by atoms with E-state index < -0.39 is 0 Å². The minimum Gasteiger partial charge on any atom is -0.455 e. The lowest BCUT2D eigenvalue weighted by Gasteiger charge is -2.31. The van der Waals surface area contributed by atoms with Crippen molar-refractivity contribution in [1.29, 1.82) is 0 Å². The van der Waals surface area contributed by atoms with Gasteiger partial charge in [0.15, 0.2) is 0 Å². The number of rotatable bonds is 8. The monoisotopic (exact) mass is 801 g/mol. The highest BCUT2D eigenvalue weighted by Gasteiger charge is 2.28. The summed E-state index contributed by atoms with van der Waals surface area (Å²) in [6.07, 6.45) is 20.4. The molecule has 8 aromatic rings. The van der Waals surface area contributed by atoms with Gasteiger partial charge < -0.3 is 9.32 Å². The lowest BCUT2D eigenvalue weighted by Crippen LogP contribution is -2.15. The summed E-state index contributed by atoms with van der Waals surface area (Å²) in [5, 5.41) is 2.32. The summed E-state index contributed by atoms with van der Waals surface area (Å²) in [6, 6.07) is 56.2. The Morgan fingerprint density at radius 1 is 0.581 bits per heavy atom. The maximum Gasteiger partial charge on any atom is 0.143 e. The van der Waals surface area contributed by atoms with Gasteiger partial charge in [-0.25, -0.2) is 0 Å². The highest BCUT2D eigenvalue weighted by molar-refractivity contribution is 6.16. The zero-order valence-corrected chi connectivity index (χ0v) is 35.7. The minimum atomic E-state index is 0.388. The molecule has 0 radical (unpaired) electrons. The lowest BCUT2D eigenvalue weighted by atomic mass is 9.83. The first-order valence-electron chi connectivity index (χ1n) is 22.6. The van der Waals surface area contributed by atoms with Crippen molar-refractivity contribution in [2.24, 2.45) is 11.8 Å². The van der Waals surface area contributed by atoms with E-state index in [0.29, 0.717) is 11.8 Å². The number of benzene rings is 7. The number of hydrogen-bond acceptors (Lipinski definition) is 2. The minimum absolute atomic E-state index is 0.388. The molecule has 0 N–H and O–H groups in total. The summed E-state index contributed by atoms with van der Waals surface area (Å²) >= 11 is 0. The van der Waals surface area contributed by atoms with Crippen LogP contribution in [0.2, 0.25) is 0 Å². The Hall–Kier alpha value is -6.90. The quantitative estimate of drug-likeness (QED) is 0.152. The molecule has 2 heteroatoms. The SMILES string of the molecule is CC1C=Cc2c(c(N(c3ccc(-c4ccccc4)cc3)c3cccc(-c4ccc(C5=CC=CCC5)cc4)c3)cc3c2oc2cccc(-c4ccccc4C4=CCCC(C)C4)c23)C1. The van der Waals surface area contributed by atoms with E-state index in [1.54, 1.807) is 0 Å². The maximum absolute atomic E-state index is 7.00. The predicted molar refractivity (Wildman–Crippen MR) is 264 cm³/mol. The molecule has 3 aliphatic rings. The van der Waals surface area contributed by atoms with Crippen LogP contribution in [-0.4, -0.2) is 0 Å². The van der Waals surface area contributed by atoms with Crippen molar-refractivity contribution >= 4 is 56.2 Å². The summed E-state index contributed by atoms with van der Waals surface area (Å²) in [7, 11) is 0. The second-order valence-electron chi connectivity index (χ2n) is 17.7. The van der Waals surface area contributed by atoms with Gasteiger partial charge in [-0.2, -0.15) is 0 Å². The lowest BCUT2D eigenvalue weighted by molar-refractivity contribution is 0.536. The van der Waals surface area contributed by atoms with Gasteiger partial charge in [-0.1, -0.05) is 166 Å². The van der Waals surface area contributed by atoms with Gasteiger partial charge in [-0.3, -0.25) is 0 Å². The largest absolute Gasteiger partial charge is 0.455 e. The van der Waals surface area contributed by atoms with E-state index in [1.807, 2.05) is 0 Å². The Morgan fingerprint density at radius 2 is 1.29 bits per heavy atom. The molecule has 62 heavy (non-hydrogen) atoms. The number of allylic oxidation sites excluding steroid dienone is 7. The smallest absolute Gasteiger partial charge is 0.143 e. The van der Waals surface area contributed by atoms with Crippen molar-refractivity contribution in [1.82, 2.24) is 0 Å². The van der Waals surface area contributed by atoms with Crippen molar-refractivity contribution in [2.75, 3.05) is 4.90 Å². The van der Waals surface area contributed by atoms with Gasteiger partial charge in [0.05, 0.1) is 5.69 Å². The molecule has 0 saturated carbocycles. The normalized spacial score (nSPS) is 17.2. The Kier molecular flexibility index (Phi) is 9.93. The van der Waals surface area contributed by atoms with E-state index in [4.69, 9.17) is 4.42 Å². The van der Waals surface area contributed by atoms with Crippen LogP contribution in [0.3, 0.4) is 0 Å². The molecule has 0 fully saturated rings. The highest BCUT2D eigenvalue weighted by atomic mass is 16.3. The van der Waals surface area contributed by atoms with Gasteiger partial charge in [0, 0.05) is 27.7 Å². The molecule has 0 bridgehead atoms. The highest BCUT2D eigenvalue weighted by Crippen LogP contribution is 2.49. The van der Waals surface area contributed by atoms with E-state index in [9.17, 15) is 0 Å². The topological polar surface area (TPSA) is 16.4 Å². The Labute approximate surface area is 365 Å². The molecule has 2 nitrogen and oxygen atoms in total. The fourth-order valence-electron chi connectivity index (χ4n) is 10.2. The molecule has 0 aliphatic heterocycles. The molecule has 0 spiro atoms. The number of anilines is 3. The zero-order chi connectivity index (χ0) is 41.6. The van der Waals surface area contributed by atoms with Crippen LogP contribution in [0.5, 0.6) is 0 Å².